The Kier molecular flexibility index (Phi) is 2.74. The van der Waals surface area contributed by atoms with Crippen molar-refractivity contribution in [1.29, 1.82) is 0 Å². The Morgan fingerprint density at radius 3 is 3.05 bits per heavy atom. The first-order valence-corrected chi connectivity index (χ1v) is 7.34. The van der Waals surface area contributed by atoms with E-state index in [0.29, 0.717) is 12.1 Å². The van der Waals surface area contributed by atoms with Crippen molar-refractivity contribution in [3.05, 3.63) is 59.4 Å². The van der Waals surface area contributed by atoms with Crippen LogP contribution in [0.3, 0.4) is 0 Å². The lowest BCUT2D eigenvalue weighted by Crippen LogP contribution is -2.51. The van der Waals surface area contributed by atoms with Gasteiger partial charge in [0.05, 0.1) is 17.4 Å². The largest absolute Gasteiger partial charge is 0.360 e. The van der Waals surface area contributed by atoms with Gasteiger partial charge in [0.2, 0.25) is 0 Å². The Balaban J connectivity index is 1.90. The lowest BCUT2D eigenvalue weighted by molar-refractivity contribution is 0.417. The SMILES string of the molecule is CC1CN2c3cccnc3Cc3ccccc3C2CN1. The van der Waals surface area contributed by atoms with Gasteiger partial charge in [-0.05, 0) is 30.2 Å². The zero-order chi connectivity index (χ0) is 13.5. The summed E-state index contributed by atoms with van der Waals surface area (Å²) in [6.07, 6.45) is 2.85. The van der Waals surface area contributed by atoms with Crippen LogP contribution in [0.15, 0.2) is 42.6 Å². The molecule has 1 aromatic carbocycles. The van der Waals surface area contributed by atoms with Gasteiger partial charge in [-0.1, -0.05) is 24.3 Å². The van der Waals surface area contributed by atoms with Crippen LogP contribution in [0.1, 0.15) is 29.8 Å². The Morgan fingerprint density at radius 1 is 1.20 bits per heavy atom. The third kappa shape index (κ3) is 1.81. The third-order valence-corrected chi connectivity index (χ3v) is 4.45. The van der Waals surface area contributed by atoms with Gasteiger partial charge in [0.1, 0.15) is 0 Å². The minimum atomic E-state index is 0.424. The number of nitrogens with one attached hydrogen (secondary N) is 1. The molecule has 2 aliphatic heterocycles. The molecule has 0 amide bonds. The maximum Gasteiger partial charge on any atom is 0.0680 e. The number of anilines is 1. The molecule has 0 aliphatic carbocycles. The van der Waals surface area contributed by atoms with E-state index in [4.69, 9.17) is 0 Å². The van der Waals surface area contributed by atoms with Gasteiger partial charge in [0, 0.05) is 31.7 Å². The third-order valence-electron chi connectivity index (χ3n) is 4.45. The molecule has 3 heteroatoms. The van der Waals surface area contributed by atoms with Crippen molar-refractivity contribution in [2.75, 3.05) is 18.0 Å². The average molecular weight is 265 g/mol. The van der Waals surface area contributed by atoms with E-state index < -0.39 is 0 Å². The molecular weight excluding hydrogens is 246 g/mol. The zero-order valence-electron chi connectivity index (χ0n) is 11.7. The van der Waals surface area contributed by atoms with Gasteiger partial charge in [-0.25, -0.2) is 0 Å². The van der Waals surface area contributed by atoms with E-state index >= 15 is 0 Å². The number of pyridine rings is 1. The summed E-state index contributed by atoms with van der Waals surface area (Å²) in [5, 5.41) is 3.62. The summed E-state index contributed by atoms with van der Waals surface area (Å²) in [6, 6.07) is 14.0. The molecule has 0 radical (unpaired) electrons. The minimum Gasteiger partial charge on any atom is -0.360 e. The highest BCUT2D eigenvalue weighted by Gasteiger charge is 2.32. The fraction of sp³-hybridized carbons (Fsp3) is 0.353. The maximum absolute atomic E-state index is 4.63. The Morgan fingerprint density at radius 2 is 2.10 bits per heavy atom. The van der Waals surface area contributed by atoms with E-state index in [1.165, 1.54) is 22.5 Å². The Hall–Kier alpha value is -1.87. The van der Waals surface area contributed by atoms with Gasteiger partial charge in [-0.3, -0.25) is 4.98 Å². The minimum absolute atomic E-state index is 0.424. The quantitative estimate of drug-likeness (QED) is 0.793. The molecule has 2 unspecified atom stereocenters. The highest BCUT2D eigenvalue weighted by Crippen LogP contribution is 2.37. The molecular formula is C17H19N3. The van der Waals surface area contributed by atoms with Gasteiger partial charge >= 0.3 is 0 Å². The highest BCUT2D eigenvalue weighted by atomic mass is 15.2. The number of fused-ring (bicyclic) bond motifs is 5. The molecule has 2 aliphatic rings. The van der Waals surface area contributed by atoms with Crippen LogP contribution in [0.2, 0.25) is 0 Å². The number of nitrogens with zero attached hydrogens (tertiary/aromatic N) is 2. The highest BCUT2D eigenvalue weighted by molar-refractivity contribution is 5.58. The van der Waals surface area contributed by atoms with Crippen molar-refractivity contribution in [2.45, 2.75) is 25.4 Å². The van der Waals surface area contributed by atoms with Gasteiger partial charge in [0.25, 0.3) is 0 Å². The summed E-state index contributed by atoms with van der Waals surface area (Å²) < 4.78 is 0. The number of benzene rings is 1. The predicted octanol–water partition coefficient (Wildman–Crippen LogP) is 2.53. The Bertz CT molecular complexity index is 638. The molecule has 1 fully saturated rings. The first-order valence-electron chi connectivity index (χ1n) is 7.34. The Labute approximate surface area is 119 Å². The van der Waals surface area contributed by atoms with Crippen LogP contribution >= 0.6 is 0 Å². The molecule has 2 atom stereocenters. The average Bonchev–Trinajstić information content (AvgIpc) is 2.61. The van der Waals surface area contributed by atoms with Crippen molar-refractivity contribution >= 4 is 5.69 Å². The van der Waals surface area contributed by atoms with Crippen LogP contribution < -0.4 is 10.2 Å². The molecule has 102 valence electrons. The van der Waals surface area contributed by atoms with E-state index in [1.54, 1.807) is 0 Å². The molecule has 1 aromatic heterocycles. The predicted molar refractivity (Wildman–Crippen MR) is 81.0 cm³/mol. The van der Waals surface area contributed by atoms with Crippen molar-refractivity contribution in [2.24, 2.45) is 0 Å². The summed E-state index contributed by atoms with van der Waals surface area (Å²) in [5.41, 5.74) is 5.37. The molecule has 3 heterocycles. The summed E-state index contributed by atoms with van der Waals surface area (Å²) in [5.74, 6) is 0. The van der Waals surface area contributed by atoms with Gasteiger partial charge in [-0.2, -0.15) is 0 Å². The van der Waals surface area contributed by atoms with Gasteiger partial charge in [-0.15, -0.1) is 0 Å². The second-order valence-electron chi connectivity index (χ2n) is 5.82. The fourth-order valence-electron chi connectivity index (χ4n) is 3.48. The second kappa shape index (κ2) is 4.60. The van der Waals surface area contributed by atoms with Crippen molar-refractivity contribution in [3.8, 4) is 0 Å². The van der Waals surface area contributed by atoms with Crippen LogP contribution in [0.5, 0.6) is 0 Å². The van der Waals surface area contributed by atoms with E-state index in [1.807, 2.05) is 6.20 Å². The molecule has 1 N–H and O–H groups in total. The van der Waals surface area contributed by atoms with Gasteiger partial charge in [0.15, 0.2) is 0 Å². The van der Waals surface area contributed by atoms with Crippen molar-refractivity contribution in [1.82, 2.24) is 10.3 Å². The van der Waals surface area contributed by atoms with Crippen molar-refractivity contribution in [3.63, 3.8) is 0 Å². The van der Waals surface area contributed by atoms with E-state index in [-0.39, 0.29) is 0 Å². The molecule has 3 nitrogen and oxygen atoms in total. The van der Waals surface area contributed by atoms with Crippen LogP contribution in [0, 0.1) is 0 Å². The molecule has 0 spiro atoms. The molecule has 1 saturated heterocycles. The normalized spacial score (nSPS) is 24.4. The molecule has 20 heavy (non-hydrogen) atoms. The standard InChI is InChI=1S/C17H19N3/c1-12-11-20-16-7-4-8-18-15(16)9-13-5-2-3-6-14(13)17(20)10-19-12/h2-8,12,17,19H,9-11H2,1H3. The zero-order valence-corrected chi connectivity index (χ0v) is 11.7. The molecule has 2 aromatic rings. The molecule has 4 rings (SSSR count). The molecule has 0 saturated carbocycles. The van der Waals surface area contributed by atoms with Crippen molar-refractivity contribution < 1.29 is 0 Å². The summed E-state index contributed by atoms with van der Waals surface area (Å²) in [6.45, 7) is 4.30. The second-order valence-corrected chi connectivity index (χ2v) is 5.82. The van der Waals surface area contributed by atoms with E-state index in [2.05, 4.69) is 58.5 Å². The lowest BCUT2D eigenvalue weighted by atomic mass is 9.96. The number of piperazine rings is 1. The fourth-order valence-corrected chi connectivity index (χ4v) is 3.48. The number of hydrogen-bond donors (Lipinski definition) is 1. The van der Waals surface area contributed by atoms with Crippen LogP contribution in [0.25, 0.3) is 0 Å². The molecule has 0 bridgehead atoms. The lowest BCUT2D eigenvalue weighted by Gasteiger charge is -2.41. The van der Waals surface area contributed by atoms with Gasteiger partial charge < -0.3 is 10.2 Å². The number of hydrogen-bond acceptors (Lipinski definition) is 3. The first-order chi connectivity index (χ1) is 9.83. The monoisotopic (exact) mass is 265 g/mol. The van der Waals surface area contributed by atoms with E-state index in [0.717, 1.165) is 19.5 Å². The maximum atomic E-state index is 4.63. The first kappa shape index (κ1) is 11.9. The summed E-state index contributed by atoms with van der Waals surface area (Å²) in [7, 11) is 0. The van der Waals surface area contributed by atoms with Crippen LogP contribution in [-0.4, -0.2) is 24.1 Å². The smallest absolute Gasteiger partial charge is 0.0680 e. The van der Waals surface area contributed by atoms with Crippen LogP contribution in [-0.2, 0) is 6.42 Å². The number of rotatable bonds is 0. The van der Waals surface area contributed by atoms with E-state index in [9.17, 15) is 0 Å². The van der Waals surface area contributed by atoms with Crippen LogP contribution in [0.4, 0.5) is 5.69 Å². The number of aromatic nitrogens is 1. The summed E-state index contributed by atoms with van der Waals surface area (Å²) >= 11 is 0. The summed E-state index contributed by atoms with van der Waals surface area (Å²) in [4.78, 5) is 7.17. The topological polar surface area (TPSA) is 28.2 Å².